The molecule has 0 aliphatic rings. The van der Waals surface area contributed by atoms with Gasteiger partial charge in [0.2, 0.25) is 5.30 Å². The maximum Gasteiger partial charge on any atom is 0.547 e. The van der Waals surface area contributed by atoms with Gasteiger partial charge in [-0.1, -0.05) is 80.0 Å². The summed E-state index contributed by atoms with van der Waals surface area (Å²) in [5, 5.41) is 0.879. The van der Waals surface area contributed by atoms with Crippen molar-refractivity contribution >= 4 is 29.5 Å². The first-order chi connectivity index (χ1) is 15.6. The Morgan fingerprint density at radius 1 is 0.562 bits per heavy atom. The molecule has 0 heterocycles. The minimum atomic E-state index is -2.96. The van der Waals surface area contributed by atoms with Crippen LogP contribution in [0.5, 0.6) is 11.5 Å². The molecule has 0 aliphatic carbocycles. The Morgan fingerprint density at radius 2 is 0.906 bits per heavy atom. The van der Waals surface area contributed by atoms with Gasteiger partial charge in [-0.25, -0.2) is 0 Å². The molecule has 0 atom stereocenters. The van der Waals surface area contributed by atoms with Crippen molar-refractivity contribution in [2.45, 2.75) is 59.3 Å². The van der Waals surface area contributed by atoms with Gasteiger partial charge in [0, 0.05) is 0 Å². The van der Waals surface area contributed by atoms with Crippen molar-refractivity contribution in [3.05, 3.63) is 89.5 Å². The second-order valence-electron chi connectivity index (χ2n) is 7.95. The lowest BCUT2D eigenvalue weighted by atomic mass is 10.1. The predicted octanol–water partition coefficient (Wildman–Crippen LogP) is 8.42. The Bertz CT molecular complexity index is 889. The summed E-state index contributed by atoms with van der Waals surface area (Å²) in [6.07, 6.45) is 6.48. The number of aryl methyl sites for hydroxylation is 3. The van der Waals surface area contributed by atoms with Gasteiger partial charge in [0.05, 0.1) is 0 Å². The quantitative estimate of drug-likeness (QED) is 0.226. The minimum absolute atomic E-state index is 0.720. The molecule has 0 saturated carbocycles. The smallest absolute Gasteiger partial charge is 0.273 e. The van der Waals surface area contributed by atoms with Gasteiger partial charge in [-0.2, -0.15) is 0 Å². The SMILES string of the molecule is CCCc1ccc(O[P+](OBr)(Oc2ccc(CCC)cc2)c2ccc(CCC)cc2)cc1. The molecule has 3 aromatic rings. The number of hydrogen-bond donors (Lipinski definition) is 0. The van der Waals surface area contributed by atoms with Gasteiger partial charge in [0.1, 0.15) is 0 Å². The maximum atomic E-state index is 6.47. The Balaban J connectivity index is 1.93. The van der Waals surface area contributed by atoms with Gasteiger partial charge < -0.3 is 0 Å². The highest BCUT2D eigenvalue weighted by Crippen LogP contribution is 2.61. The van der Waals surface area contributed by atoms with Crippen LogP contribution in [0.1, 0.15) is 56.7 Å². The lowest BCUT2D eigenvalue weighted by Gasteiger charge is -2.20. The van der Waals surface area contributed by atoms with Gasteiger partial charge in [-0.15, -0.1) is 0 Å². The molecule has 0 bridgehead atoms. The van der Waals surface area contributed by atoms with Crippen molar-refractivity contribution in [3.8, 4) is 11.5 Å². The summed E-state index contributed by atoms with van der Waals surface area (Å²) in [6.45, 7) is 6.55. The predicted molar refractivity (Wildman–Crippen MR) is 139 cm³/mol. The van der Waals surface area contributed by atoms with Crippen LogP contribution in [0, 0.1) is 0 Å². The molecule has 5 heteroatoms. The van der Waals surface area contributed by atoms with E-state index in [-0.39, 0.29) is 0 Å². The highest BCUT2D eigenvalue weighted by molar-refractivity contribution is 9.06. The molecule has 3 aromatic carbocycles. The number of rotatable bonds is 12. The van der Waals surface area contributed by atoms with Crippen molar-refractivity contribution in [2.75, 3.05) is 0 Å². The van der Waals surface area contributed by atoms with Crippen LogP contribution in [0.3, 0.4) is 0 Å². The molecular weight excluding hydrogens is 483 g/mol. The fraction of sp³-hybridized carbons (Fsp3) is 0.333. The Hall–Kier alpha value is -1.87. The van der Waals surface area contributed by atoms with E-state index in [4.69, 9.17) is 12.7 Å². The summed E-state index contributed by atoms with van der Waals surface area (Å²) in [5.41, 5.74) is 3.87. The summed E-state index contributed by atoms with van der Waals surface area (Å²) in [5.74, 6) is 1.44. The zero-order valence-corrected chi connectivity index (χ0v) is 21.7. The lowest BCUT2D eigenvalue weighted by molar-refractivity contribution is 0.397. The summed E-state index contributed by atoms with van der Waals surface area (Å²) in [7, 11) is -2.96. The summed E-state index contributed by atoms with van der Waals surface area (Å²) in [6, 6.07) is 24.7. The van der Waals surface area contributed by atoms with E-state index < -0.39 is 7.94 Å². The van der Waals surface area contributed by atoms with Crippen LogP contribution in [-0.4, -0.2) is 0 Å². The van der Waals surface area contributed by atoms with Crippen LogP contribution < -0.4 is 14.4 Å². The summed E-state index contributed by atoms with van der Waals surface area (Å²) >= 11 is 3.25. The lowest BCUT2D eigenvalue weighted by Crippen LogP contribution is -2.21. The van der Waals surface area contributed by atoms with Gasteiger partial charge in [-0.05, 0) is 72.4 Å². The topological polar surface area (TPSA) is 27.7 Å². The summed E-state index contributed by atoms with van der Waals surface area (Å²) < 4.78 is 18.8. The van der Waals surface area contributed by atoms with Crippen molar-refractivity contribution in [2.24, 2.45) is 0 Å². The second kappa shape index (κ2) is 12.4. The van der Waals surface area contributed by atoms with Crippen molar-refractivity contribution in [3.63, 3.8) is 0 Å². The van der Waals surface area contributed by atoms with E-state index in [1.54, 1.807) is 0 Å². The van der Waals surface area contributed by atoms with Crippen LogP contribution >= 0.6 is 24.2 Å². The minimum Gasteiger partial charge on any atom is -0.273 e. The first-order valence-corrected chi connectivity index (χ1v) is 13.7. The highest BCUT2D eigenvalue weighted by Gasteiger charge is 2.52. The normalized spacial score (nSPS) is 11.4. The van der Waals surface area contributed by atoms with Gasteiger partial charge >= 0.3 is 7.94 Å². The van der Waals surface area contributed by atoms with Crippen LogP contribution in [0.25, 0.3) is 0 Å². The number of halogens is 1. The molecule has 0 aromatic heterocycles. The zero-order chi connectivity index (χ0) is 22.8. The third-order valence-corrected chi connectivity index (χ3v) is 8.42. The monoisotopic (exact) mass is 515 g/mol. The first-order valence-electron chi connectivity index (χ1n) is 11.5. The number of benzene rings is 3. The van der Waals surface area contributed by atoms with Gasteiger partial charge in [-0.3, -0.25) is 9.05 Å². The van der Waals surface area contributed by atoms with E-state index in [0.29, 0.717) is 0 Å². The third kappa shape index (κ3) is 6.57. The highest BCUT2D eigenvalue weighted by atomic mass is 79.9. The molecule has 0 fully saturated rings. The summed E-state index contributed by atoms with van der Waals surface area (Å²) in [4.78, 5) is 0. The van der Waals surface area contributed by atoms with Crippen LogP contribution in [0.2, 0.25) is 0 Å². The fourth-order valence-electron chi connectivity index (χ4n) is 3.61. The average molecular weight is 516 g/mol. The molecule has 170 valence electrons. The number of hydrogen-bond acceptors (Lipinski definition) is 3. The van der Waals surface area contributed by atoms with Gasteiger partial charge in [0.15, 0.2) is 27.8 Å². The van der Waals surface area contributed by atoms with E-state index in [2.05, 4.69) is 85.6 Å². The van der Waals surface area contributed by atoms with Gasteiger partial charge in [0.25, 0.3) is 0 Å². The first kappa shape index (κ1) is 24.8. The van der Waals surface area contributed by atoms with E-state index in [1.807, 2.05) is 24.3 Å². The molecular formula is C27H33BrO3P+. The molecule has 0 spiro atoms. The Morgan fingerprint density at radius 3 is 1.22 bits per heavy atom. The van der Waals surface area contributed by atoms with E-state index in [0.717, 1.165) is 55.3 Å². The second-order valence-corrected chi connectivity index (χ2v) is 10.8. The largest absolute Gasteiger partial charge is 0.547 e. The molecule has 0 amide bonds. The average Bonchev–Trinajstić information content (AvgIpc) is 2.82. The van der Waals surface area contributed by atoms with Crippen molar-refractivity contribution < 1.29 is 12.7 Å². The molecule has 32 heavy (non-hydrogen) atoms. The third-order valence-electron chi connectivity index (χ3n) is 5.26. The zero-order valence-electron chi connectivity index (χ0n) is 19.2. The van der Waals surface area contributed by atoms with Crippen LogP contribution in [0.15, 0.2) is 72.8 Å². The molecule has 0 saturated heterocycles. The van der Waals surface area contributed by atoms with Crippen molar-refractivity contribution in [1.82, 2.24) is 0 Å². The molecule has 3 nitrogen and oxygen atoms in total. The molecule has 0 N–H and O–H groups in total. The van der Waals surface area contributed by atoms with Crippen LogP contribution in [-0.2, 0) is 22.9 Å². The van der Waals surface area contributed by atoms with E-state index in [9.17, 15) is 0 Å². The molecule has 3 rings (SSSR count). The van der Waals surface area contributed by atoms with Crippen molar-refractivity contribution in [1.29, 1.82) is 0 Å². The fourth-order valence-corrected chi connectivity index (χ4v) is 6.17. The Kier molecular flexibility index (Phi) is 9.59. The molecule has 0 radical (unpaired) electrons. The maximum absolute atomic E-state index is 6.47. The standard InChI is InChI=1S/C27H33BrO3P/c1-4-7-22-10-16-25(17-11-22)29-32(31-28,27-20-14-24(9-6-3)15-21-27)30-26-18-12-23(8-5-2)13-19-26/h10-21H,4-9H2,1-3H3/q+1. The Labute approximate surface area is 202 Å². The molecule has 0 unspecified atom stereocenters. The van der Waals surface area contributed by atoms with E-state index in [1.165, 1.54) is 16.7 Å². The molecule has 0 aliphatic heterocycles. The van der Waals surface area contributed by atoms with E-state index >= 15 is 0 Å². The van der Waals surface area contributed by atoms with Crippen LogP contribution in [0.4, 0.5) is 0 Å².